The molecule has 0 aliphatic heterocycles. The molecule has 0 atom stereocenters. The SMILES string of the molecule is CCC1(c2nc(C3(N)CCC(C)CC3)no2)CCCC1. The van der Waals surface area contributed by atoms with E-state index in [2.05, 4.69) is 19.0 Å². The Kier molecular flexibility index (Phi) is 3.61. The molecule has 0 unspecified atom stereocenters. The van der Waals surface area contributed by atoms with Crippen LogP contribution in [0.2, 0.25) is 0 Å². The molecule has 2 aliphatic rings. The second kappa shape index (κ2) is 5.14. The van der Waals surface area contributed by atoms with Gasteiger partial charge in [0.2, 0.25) is 5.89 Å². The molecule has 2 fully saturated rings. The average Bonchev–Trinajstić information content (AvgIpc) is 3.11. The Morgan fingerprint density at radius 1 is 1.20 bits per heavy atom. The molecular formula is C16H27N3O. The first-order chi connectivity index (χ1) is 9.58. The van der Waals surface area contributed by atoms with Gasteiger partial charge in [-0.25, -0.2) is 0 Å². The molecule has 1 aromatic rings. The summed E-state index contributed by atoms with van der Waals surface area (Å²) in [6.07, 6.45) is 10.3. The molecule has 0 aromatic carbocycles. The van der Waals surface area contributed by atoms with E-state index < -0.39 is 0 Å². The minimum absolute atomic E-state index is 0.129. The molecule has 20 heavy (non-hydrogen) atoms. The third-order valence-corrected chi connectivity index (χ3v) is 5.73. The van der Waals surface area contributed by atoms with E-state index in [9.17, 15) is 0 Å². The lowest BCUT2D eigenvalue weighted by molar-refractivity contribution is 0.227. The van der Waals surface area contributed by atoms with E-state index in [0.717, 1.165) is 36.9 Å². The Morgan fingerprint density at radius 2 is 1.85 bits per heavy atom. The Hall–Kier alpha value is -0.900. The number of nitrogens with zero attached hydrogens (tertiary/aromatic N) is 2. The average molecular weight is 277 g/mol. The van der Waals surface area contributed by atoms with Crippen molar-refractivity contribution >= 4 is 0 Å². The second-order valence-corrected chi connectivity index (χ2v) is 7.10. The maximum atomic E-state index is 6.55. The normalized spacial score (nSPS) is 33.5. The fourth-order valence-electron chi connectivity index (χ4n) is 3.91. The third-order valence-electron chi connectivity index (χ3n) is 5.73. The van der Waals surface area contributed by atoms with Crippen molar-refractivity contribution in [3.05, 3.63) is 11.7 Å². The van der Waals surface area contributed by atoms with Crippen LogP contribution in [0.4, 0.5) is 0 Å². The highest BCUT2D eigenvalue weighted by Gasteiger charge is 2.42. The second-order valence-electron chi connectivity index (χ2n) is 7.10. The molecular weight excluding hydrogens is 250 g/mol. The van der Waals surface area contributed by atoms with Crippen molar-refractivity contribution in [1.29, 1.82) is 0 Å². The molecule has 1 aromatic heterocycles. The van der Waals surface area contributed by atoms with Gasteiger partial charge in [0.15, 0.2) is 5.82 Å². The molecule has 4 heteroatoms. The molecule has 0 saturated heterocycles. The van der Waals surface area contributed by atoms with Crippen LogP contribution in [-0.2, 0) is 11.0 Å². The van der Waals surface area contributed by atoms with Crippen LogP contribution in [0.1, 0.15) is 83.3 Å². The van der Waals surface area contributed by atoms with Crippen molar-refractivity contribution in [3.63, 3.8) is 0 Å². The molecule has 0 spiro atoms. The van der Waals surface area contributed by atoms with E-state index in [1.165, 1.54) is 38.5 Å². The predicted molar refractivity (Wildman–Crippen MR) is 78.2 cm³/mol. The smallest absolute Gasteiger partial charge is 0.232 e. The number of aromatic nitrogens is 2. The summed E-state index contributed by atoms with van der Waals surface area (Å²) in [7, 11) is 0. The van der Waals surface area contributed by atoms with Crippen LogP contribution in [0, 0.1) is 5.92 Å². The van der Waals surface area contributed by atoms with Crippen molar-refractivity contribution in [2.45, 2.75) is 82.6 Å². The molecule has 1 heterocycles. The quantitative estimate of drug-likeness (QED) is 0.915. The molecule has 112 valence electrons. The minimum Gasteiger partial charge on any atom is -0.339 e. The lowest BCUT2D eigenvalue weighted by Crippen LogP contribution is -2.41. The number of rotatable bonds is 3. The first kappa shape index (κ1) is 14.1. The number of nitrogens with two attached hydrogens (primary N) is 1. The zero-order chi connectivity index (χ0) is 14.2. The van der Waals surface area contributed by atoms with E-state index in [0.29, 0.717) is 0 Å². The van der Waals surface area contributed by atoms with Crippen LogP contribution >= 0.6 is 0 Å². The Balaban J connectivity index is 1.83. The van der Waals surface area contributed by atoms with Gasteiger partial charge in [0.25, 0.3) is 0 Å². The first-order valence-electron chi connectivity index (χ1n) is 8.21. The third kappa shape index (κ3) is 2.28. The fraction of sp³-hybridized carbons (Fsp3) is 0.875. The maximum absolute atomic E-state index is 6.55. The van der Waals surface area contributed by atoms with E-state index in [1.807, 2.05) is 0 Å². The predicted octanol–water partition coefficient (Wildman–Crippen LogP) is 3.66. The van der Waals surface area contributed by atoms with Gasteiger partial charge >= 0.3 is 0 Å². The first-order valence-corrected chi connectivity index (χ1v) is 8.21. The topological polar surface area (TPSA) is 64.9 Å². The van der Waals surface area contributed by atoms with Gasteiger partial charge in [-0.1, -0.05) is 31.8 Å². The lowest BCUT2D eigenvalue weighted by Gasteiger charge is -2.33. The molecule has 4 nitrogen and oxygen atoms in total. The standard InChI is InChI=1S/C16H27N3O/c1-3-15(8-4-5-9-15)14-18-13(19-20-14)16(17)10-6-12(2)7-11-16/h12H,3-11,17H2,1-2H3. The molecule has 2 N–H and O–H groups in total. The highest BCUT2D eigenvalue weighted by atomic mass is 16.5. The molecule has 3 rings (SSSR count). The Morgan fingerprint density at radius 3 is 2.45 bits per heavy atom. The van der Waals surface area contributed by atoms with Gasteiger partial charge in [-0.2, -0.15) is 4.98 Å². The lowest BCUT2D eigenvalue weighted by atomic mass is 9.77. The maximum Gasteiger partial charge on any atom is 0.232 e. The van der Waals surface area contributed by atoms with Crippen molar-refractivity contribution in [2.24, 2.45) is 11.7 Å². The van der Waals surface area contributed by atoms with Crippen LogP contribution in [0.3, 0.4) is 0 Å². The summed E-state index contributed by atoms with van der Waals surface area (Å²) in [5.41, 5.74) is 6.32. The fourth-order valence-corrected chi connectivity index (χ4v) is 3.91. The van der Waals surface area contributed by atoms with Crippen molar-refractivity contribution in [3.8, 4) is 0 Å². The van der Waals surface area contributed by atoms with Crippen LogP contribution in [-0.4, -0.2) is 10.1 Å². The van der Waals surface area contributed by atoms with Gasteiger partial charge in [-0.3, -0.25) is 0 Å². The van der Waals surface area contributed by atoms with Crippen LogP contribution in [0.25, 0.3) is 0 Å². The van der Waals surface area contributed by atoms with Gasteiger partial charge < -0.3 is 10.3 Å². The zero-order valence-corrected chi connectivity index (χ0v) is 12.8. The highest BCUT2D eigenvalue weighted by Crippen LogP contribution is 2.44. The number of hydrogen-bond acceptors (Lipinski definition) is 4. The van der Waals surface area contributed by atoms with Gasteiger partial charge in [-0.05, 0) is 50.9 Å². The van der Waals surface area contributed by atoms with Gasteiger partial charge in [0.1, 0.15) is 0 Å². The molecule has 0 bridgehead atoms. The monoisotopic (exact) mass is 277 g/mol. The van der Waals surface area contributed by atoms with Crippen LogP contribution < -0.4 is 5.73 Å². The Labute approximate surface area is 121 Å². The van der Waals surface area contributed by atoms with Crippen molar-refractivity contribution in [1.82, 2.24) is 10.1 Å². The largest absolute Gasteiger partial charge is 0.339 e. The summed E-state index contributed by atoms with van der Waals surface area (Å²) in [5.74, 6) is 2.37. The van der Waals surface area contributed by atoms with Crippen LogP contribution in [0.15, 0.2) is 4.52 Å². The molecule has 0 amide bonds. The van der Waals surface area contributed by atoms with E-state index in [4.69, 9.17) is 15.2 Å². The summed E-state index contributed by atoms with van der Waals surface area (Å²) in [4.78, 5) is 4.75. The summed E-state index contributed by atoms with van der Waals surface area (Å²) in [5, 5.41) is 4.26. The van der Waals surface area contributed by atoms with Gasteiger partial charge in [-0.15, -0.1) is 0 Å². The van der Waals surface area contributed by atoms with Gasteiger partial charge in [0.05, 0.1) is 5.54 Å². The molecule has 0 radical (unpaired) electrons. The zero-order valence-electron chi connectivity index (χ0n) is 12.8. The van der Waals surface area contributed by atoms with Gasteiger partial charge in [0, 0.05) is 5.41 Å². The highest BCUT2D eigenvalue weighted by molar-refractivity contribution is 5.12. The van der Waals surface area contributed by atoms with E-state index >= 15 is 0 Å². The van der Waals surface area contributed by atoms with Crippen molar-refractivity contribution < 1.29 is 4.52 Å². The van der Waals surface area contributed by atoms with Crippen LogP contribution in [0.5, 0.6) is 0 Å². The Bertz CT molecular complexity index is 454. The summed E-state index contributed by atoms with van der Waals surface area (Å²) >= 11 is 0. The van der Waals surface area contributed by atoms with Crippen molar-refractivity contribution in [2.75, 3.05) is 0 Å². The summed E-state index contributed by atoms with van der Waals surface area (Å²) in [6.45, 7) is 4.53. The summed E-state index contributed by atoms with van der Waals surface area (Å²) < 4.78 is 5.65. The minimum atomic E-state index is -0.359. The van der Waals surface area contributed by atoms with E-state index in [1.54, 1.807) is 0 Å². The molecule has 2 saturated carbocycles. The molecule has 2 aliphatic carbocycles. The van der Waals surface area contributed by atoms with E-state index in [-0.39, 0.29) is 11.0 Å². The number of hydrogen-bond donors (Lipinski definition) is 1. The summed E-state index contributed by atoms with van der Waals surface area (Å²) in [6, 6.07) is 0.